The van der Waals surface area contributed by atoms with Crippen LogP contribution in [0.2, 0.25) is 0 Å². The second kappa shape index (κ2) is 2.74. The Morgan fingerprint density at radius 3 is 2.50 bits per heavy atom. The van der Waals surface area contributed by atoms with Gasteiger partial charge in [-0.3, -0.25) is 4.90 Å². The highest BCUT2D eigenvalue weighted by molar-refractivity contribution is 5.06. The van der Waals surface area contributed by atoms with Crippen LogP contribution >= 0.6 is 0 Å². The van der Waals surface area contributed by atoms with Crippen molar-refractivity contribution in [3.05, 3.63) is 0 Å². The minimum absolute atomic E-state index is 0.191. The standard InChI is InChI=1S/C10H16N2/c1-2-9(6-11)12-7-10(8-12)4-3-5-10/h9H,2-5,7-8H2,1H3. The van der Waals surface area contributed by atoms with Crippen LogP contribution in [0.3, 0.4) is 0 Å². The fourth-order valence-corrected chi connectivity index (χ4v) is 2.46. The Morgan fingerprint density at radius 2 is 2.17 bits per heavy atom. The van der Waals surface area contributed by atoms with E-state index in [0.717, 1.165) is 6.42 Å². The summed E-state index contributed by atoms with van der Waals surface area (Å²) in [6, 6.07) is 2.56. The summed E-state index contributed by atoms with van der Waals surface area (Å²) in [5.74, 6) is 0. The lowest BCUT2D eigenvalue weighted by molar-refractivity contribution is -0.0727. The van der Waals surface area contributed by atoms with Crippen LogP contribution in [0.1, 0.15) is 32.6 Å². The normalized spacial score (nSPS) is 28.7. The smallest absolute Gasteiger partial charge is 0.0975 e. The third-order valence-electron chi connectivity index (χ3n) is 3.47. The molecule has 0 radical (unpaired) electrons. The molecule has 0 aromatic rings. The second-order valence-electron chi connectivity index (χ2n) is 4.31. The molecule has 1 aliphatic heterocycles. The minimum Gasteiger partial charge on any atom is -0.287 e. The molecule has 1 aliphatic carbocycles. The molecule has 1 saturated carbocycles. The summed E-state index contributed by atoms with van der Waals surface area (Å²) in [5.41, 5.74) is 0.671. The lowest BCUT2D eigenvalue weighted by Crippen LogP contribution is -2.62. The van der Waals surface area contributed by atoms with E-state index in [4.69, 9.17) is 5.26 Å². The Balaban J connectivity index is 1.84. The van der Waals surface area contributed by atoms with Gasteiger partial charge in [-0.15, -0.1) is 0 Å². The molecule has 0 N–H and O–H groups in total. The third-order valence-corrected chi connectivity index (χ3v) is 3.47. The molecule has 0 aromatic carbocycles. The molecule has 2 fully saturated rings. The van der Waals surface area contributed by atoms with Crippen LogP contribution in [0, 0.1) is 16.7 Å². The van der Waals surface area contributed by atoms with Crippen molar-refractivity contribution in [2.24, 2.45) is 5.41 Å². The molecule has 2 heteroatoms. The monoisotopic (exact) mass is 164 g/mol. The van der Waals surface area contributed by atoms with Crippen LogP contribution in [0.5, 0.6) is 0 Å². The summed E-state index contributed by atoms with van der Waals surface area (Å²) in [7, 11) is 0. The quantitative estimate of drug-likeness (QED) is 0.622. The van der Waals surface area contributed by atoms with Gasteiger partial charge in [0, 0.05) is 13.1 Å². The molecule has 66 valence electrons. The van der Waals surface area contributed by atoms with Crippen LogP contribution in [0.4, 0.5) is 0 Å². The van der Waals surface area contributed by atoms with Crippen molar-refractivity contribution in [3.63, 3.8) is 0 Å². The zero-order valence-corrected chi connectivity index (χ0v) is 7.71. The first-order chi connectivity index (χ1) is 5.79. The third kappa shape index (κ3) is 1.04. The van der Waals surface area contributed by atoms with Crippen molar-refractivity contribution in [1.82, 2.24) is 4.90 Å². The number of likely N-dealkylation sites (tertiary alicyclic amines) is 1. The first kappa shape index (κ1) is 8.07. The van der Waals surface area contributed by atoms with E-state index in [2.05, 4.69) is 17.9 Å². The predicted octanol–water partition coefficient (Wildman–Crippen LogP) is 1.77. The molecular weight excluding hydrogens is 148 g/mol. The Kier molecular flexibility index (Phi) is 1.84. The molecule has 1 atom stereocenters. The van der Waals surface area contributed by atoms with Crippen LogP contribution in [0.25, 0.3) is 0 Å². The van der Waals surface area contributed by atoms with Gasteiger partial charge in [0.1, 0.15) is 0 Å². The molecule has 0 aromatic heterocycles. The van der Waals surface area contributed by atoms with Gasteiger partial charge in [-0.05, 0) is 24.7 Å². The van der Waals surface area contributed by atoms with Crippen molar-refractivity contribution in [3.8, 4) is 6.07 Å². The average molecular weight is 164 g/mol. The van der Waals surface area contributed by atoms with E-state index in [9.17, 15) is 0 Å². The fraction of sp³-hybridized carbons (Fsp3) is 0.900. The number of nitriles is 1. The lowest BCUT2D eigenvalue weighted by atomic mass is 9.63. The van der Waals surface area contributed by atoms with Gasteiger partial charge in [-0.25, -0.2) is 0 Å². The molecule has 1 heterocycles. The summed E-state index contributed by atoms with van der Waals surface area (Å²) in [6.45, 7) is 4.48. The van der Waals surface area contributed by atoms with Crippen LogP contribution < -0.4 is 0 Å². The van der Waals surface area contributed by atoms with Crippen molar-refractivity contribution < 1.29 is 0 Å². The van der Waals surface area contributed by atoms with Gasteiger partial charge in [0.2, 0.25) is 0 Å². The maximum Gasteiger partial charge on any atom is 0.0975 e. The fourth-order valence-electron chi connectivity index (χ4n) is 2.46. The first-order valence-corrected chi connectivity index (χ1v) is 4.93. The number of hydrogen-bond donors (Lipinski definition) is 0. The van der Waals surface area contributed by atoms with E-state index in [-0.39, 0.29) is 6.04 Å². The predicted molar refractivity (Wildman–Crippen MR) is 47.5 cm³/mol. The molecule has 2 nitrogen and oxygen atoms in total. The molecule has 2 rings (SSSR count). The zero-order chi connectivity index (χ0) is 8.60. The SMILES string of the molecule is CCC(C#N)N1CC2(CCC2)C1. The van der Waals surface area contributed by atoms with Gasteiger partial charge < -0.3 is 0 Å². The first-order valence-electron chi connectivity index (χ1n) is 4.93. The van der Waals surface area contributed by atoms with Crippen molar-refractivity contribution in [2.75, 3.05) is 13.1 Å². The van der Waals surface area contributed by atoms with Crippen molar-refractivity contribution in [1.29, 1.82) is 5.26 Å². The summed E-state index contributed by atoms with van der Waals surface area (Å²) < 4.78 is 0. The largest absolute Gasteiger partial charge is 0.287 e. The van der Waals surface area contributed by atoms with Crippen LogP contribution in [-0.4, -0.2) is 24.0 Å². The molecule has 0 bridgehead atoms. The van der Waals surface area contributed by atoms with E-state index in [1.807, 2.05) is 0 Å². The summed E-state index contributed by atoms with van der Waals surface area (Å²) >= 11 is 0. The van der Waals surface area contributed by atoms with E-state index < -0.39 is 0 Å². The second-order valence-corrected chi connectivity index (χ2v) is 4.31. The summed E-state index contributed by atoms with van der Waals surface area (Å²) in [4.78, 5) is 2.33. The zero-order valence-electron chi connectivity index (χ0n) is 7.71. The van der Waals surface area contributed by atoms with Gasteiger partial charge in [0.15, 0.2) is 0 Å². The highest BCUT2D eigenvalue weighted by Gasteiger charge is 2.48. The average Bonchev–Trinajstić information content (AvgIpc) is 1.91. The van der Waals surface area contributed by atoms with E-state index >= 15 is 0 Å². The minimum atomic E-state index is 0.191. The lowest BCUT2D eigenvalue weighted by Gasteiger charge is -2.57. The summed E-state index contributed by atoms with van der Waals surface area (Å²) in [6.07, 6.45) is 5.21. The van der Waals surface area contributed by atoms with Crippen LogP contribution in [0.15, 0.2) is 0 Å². The number of hydrogen-bond acceptors (Lipinski definition) is 2. The Bertz CT molecular complexity index is 204. The van der Waals surface area contributed by atoms with Gasteiger partial charge >= 0.3 is 0 Å². The number of rotatable bonds is 2. The molecule has 1 saturated heterocycles. The molecular formula is C10H16N2. The molecule has 2 aliphatic rings. The summed E-state index contributed by atoms with van der Waals surface area (Å²) in [5, 5.41) is 8.83. The molecule has 12 heavy (non-hydrogen) atoms. The molecule has 1 spiro atoms. The molecule has 1 unspecified atom stereocenters. The van der Waals surface area contributed by atoms with Gasteiger partial charge in [0.25, 0.3) is 0 Å². The van der Waals surface area contributed by atoms with Gasteiger partial charge in [-0.1, -0.05) is 13.3 Å². The van der Waals surface area contributed by atoms with E-state index in [0.29, 0.717) is 5.41 Å². The van der Waals surface area contributed by atoms with E-state index in [1.54, 1.807) is 0 Å². The van der Waals surface area contributed by atoms with E-state index in [1.165, 1.54) is 32.4 Å². The maximum absolute atomic E-state index is 8.83. The van der Waals surface area contributed by atoms with Crippen molar-refractivity contribution in [2.45, 2.75) is 38.6 Å². The highest BCUT2D eigenvalue weighted by atomic mass is 15.2. The van der Waals surface area contributed by atoms with Gasteiger partial charge in [-0.2, -0.15) is 5.26 Å². The topological polar surface area (TPSA) is 27.0 Å². The van der Waals surface area contributed by atoms with Crippen LogP contribution in [-0.2, 0) is 0 Å². The molecule has 0 amide bonds. The number of nitrogens with zero attached hydrogens (tertiary/aromatic N) is 2. The Hall–Kier alpha value is -0.550. The Morgan fingerprint density at radius 1 is 1.50 bits per heavy atom. The van der Waals surface area contributed by atoms with Gasteiger partial charge in [0.05, 0.1) is 12.1 Å². The maximum atomic E-state index is 8.83. The Labute approximate surface area is 74.2 Å². The van der Waals surface area contributed by atoms with Crippen molar-refractivity contribution >= 4 is 0 Å². The highest BCUT2D eigenvalue weighted by Crippen LogP contribution is 2.48.